The van der Waals surface area contributed by atoms with Gasteiger partial charge in [0, 0.05) is 5.39 Å². The van der Waals surface area contributed by atoms with E-state index in [1.54, 1.807) is 18.2 Å². The molecule has 3 aromatic rings. The highest BCUT2D eigenvalue weighted by molar-refractivity contribution is 5.93. The minimum atomic E-state index is -0.983. The molecule has 7 heteroatoms. The molecule has 3 rings (SSSR count). The lowest BCUT2D eigenvalue weighted by Crippen LogP contribution is -2.20. The molecular weight excluding hydrogens is 301 g/mol. The van der Waals surface area contributed by atoms with Crippen LogP contribution >= 0.6 is 0 Å². The fourth-order valence-electron chi connectivity index (χ4n) is 2.55. The standard InChI is InChI=1S/C16H16FN3O3/c17-12-2-1-3-14(23)15(12)9-4-5-11-13(6-9)20(19-16(11)18)7-10(22)8-21/h1-6,10,21-23H,7-8H2,(H2,18,19). The van der Waals surface area contributed by atoms with Crippen LogP contribution in [0.1, 0.15) is 0 Å². The lowest BCUT2D eigenvalue weighted by molar-refractivity contribution is 0.0794. The maximum absolute atomic E-state index is 14.0. The smallest absolute Gasteiger partial charge is 0.153 e. The maximum Gasteiger partial charge on any atom is 0.153 e. The van der Waals surface area contributed by atoms with E-state index in [9.17, 15) is 14.6 Å². The minimum Gasteiger partial charge on any atom is -0.507 e. The number of aromatic nitrogens is 2. The summed E-state index contributed by atoms with van der Waals surface area (Å²) >= 11 is 0. The van der Waals surface area contributed by atoms with Crippen LogP contribution in [-0.2, 0) is 6.54 Å². The molecule has 1 heterocycles. The SMILES string of the molecule is Nc1nn(CC(O)CO)c2cc(-c3c(O)cccc3F)ccc12. The molecule has 0 aliphatic heterocycles. The van der Waals surface area contributed by atoms with Crippen molar-refractivity contribution in [2.75, 3.05) is 12.3 Å². The molecule has 0 fully saturated rings. The van der Waals surface area contributed by atoms with E-state index in [1.165, 1.54) is 22.9 Å². The van der Waals surface area contributed by atoms with Crippen molar-refractivity contribution in [3.8, 4) is 16.9 Å². The molecule has 0 aliphatic carbocycles. The second kappa shape index (κ2) is 5.86. The normalized spacial score (nSPS) is 12.7. The number of anilines is 1. The van der Waals surface area contributed by atoms with Crippen LogP contribution in [-0.4, -0.2) is 37.8 Å². The Morgan fingerprint density at radius 3 is 2.74 bits per heavy atom. The van der Waals surface area contributed by atoms with Crippen molar-refractivity contribution in [2.24, 2.45) is 0 Å². The van der Waals surface area contributed by atoms with Gasteiger partial charge in [0.25, 0.3) is 0 Å². The van der Waals surface area contributed by atoms with Crippen LogP contribution < -0.4 is 5.73 Å². The average molecular weight is 317 g/mol. The highest BCUT2D eigenvalue weighted by Gasteiger charge is 2.15. The highest BCUT2D eigenvalue weighted by atomic mass is 19.1. The van der Waals surface area contributed by atoms with E-state index in [1.807, 2.05) is 0 Å². The number of phenolic OH excluding ortho intramolecular Hbond substituents is 1. The van der Waals surface area contributed by atoms with Crippen molar-refractivity contribution in [3.05, 3.63) is 42.2 Å². The Morgan fingerprint density at radius 1 is 1.26 bits per heavy atom. The van der Waals surface area contributed by atoms with E-state index in [0.29, 0.717) is 16.5 Å². The molecule has 1 atom stereocenters. The molecule has 0 radical (unpaired) electrons. The van der Waals surface area contributed by atoms with E-state index in [0.717, 1.165) is 0 Å². The third kappa shape index (κ3) is 2.71. The predicted octanol–water partition coefficient (Wildman–Crippen LogP) is 1.48. The number of nitrogen functional groups attached to an aromatic ring is 1. The number of fused-ring (bicyclic) bond motifs is 1. The second-order valence-corrected chi connectivity index (χ2v) is 5.27. The molecule has 0 spiro atoms. The number of aromatic hydroxyl groups is 1. The Balaban J connectivity index is 2.16. The summed E-state index contributed by atoms with van der Waals surface area (Å²) in [4.78, 5) is 0. The quantitative estimate of drug-likeness (QED) is 0.583. The summed E-state index contributed by atoms with van der Waals surface area (Å²) in [5.74, 6) is -0.438. The molecule has 6 nitrogen and oxygen atoms in total. The lowest BCUT2D eigenvalue weighted by atomic mass is 10.0. The van der Waals surface area contributed by atoms with Crippen LogP contribution in [0.5, 0.6) is 5.75 Å². The molecule has 120 valence electrons. The molecule has 0 saturated heterocycles. The van der Waals surface area contributed by atoms with Crippen molar-refractivity contribution in [1.82, 2.24) is 9.78 Å². The number of hydrogen-bond donors (Lipinski definition) is 4. The number of halogens is 1. The molecule has 0 aliphatic rings. The van der Waals surface area contributed by atoms with Gasteiger partial charge in [0.05, 0.1) is 30.3 Å². The van der Waals surface area contributed by atoms with Gasteiger partial charge in [0.1, 0.15) is 11.6 Å². The van der Waals surface area contributed by atoms with Crippen LogP contribution in [0.25, 0.3) is 22.0 Å². The van der Waals surface area contributed by atoms with Gasteiger partial charge in [-0.1, -0.05) is 12.1 Å². The Morgan fingerprint density at radius 2 is 2.04 bits per heavy atom. The second-order valence-electron chi connectivity index (χ2n) is 5.27. The summed E-state index contributed by atoms with van der Waals surface area (Å²) in [5, 5.41) is 33.3. The maximum atomic E-state index is 14.0. The first kappa shape index (κ1) is 15.3. The summed E-state index contributed by atoms with van der Waals surface area (Å²) in [6.07, 6.45) is -0.983. The van der Waals surface area contributed by atoms with Crippen molar-refractivity contribution >= 4 is 16.7 Å². The molecular formula is C16H16FN3O3. The number of nitrogens with zero attached hydrogens (tertiary/aromatic N) is 2. The average Bonchev–Trinajstić information content (AvgIpc) is 2.83. The number of aliphatic hydroxyl groups is 2. The molecule has 2 aromatic carbocycles. The molecule has 5 N–H and O–H groups in total. The van der Waals surface area contributed by atoms with Gasteiger partial charge in [-0.2, -0.15) is 5.10 Å². The van der Waals surface area contributed by atoms with Gasteiger partial charge in [0.15, 0.2) is 5.82 Å². The first-order valence-corrected chi connectivity index (χ1v) is 7.04. The topological polar surface area (TPSA) is 105 Å². The summed E-state index contributed by atoms with van der Waals surface area (Å²) in [6.45, 7) is -0.355. The summed E-state index contributed by atoms with van der Waals surface area (Å²) in [7, 11) is 0. The van der Waals surface area contributed by atoms with E-state index < -0.39 is 18.5 Å². The number of rotatable bonds is 4. The van der Waals surface area contributed by atoms with Crippen molar-refractivity contribution in [2.45, 2.75) is 12.6 Å². The zero-order valence-corrected chi connectivity index (χ0v) is 12.1. The molecule has 0 bridgehead atoms. The minimum absolute atomic E-state index is 0.0525. The first-order valence-electron chi connectivity index (χ1n) is 7.04. The van der Waals surface area contributed by atoms with Crippen LogP contribution in [0.3, 0.4) is 0 Å². The van der Waals surface area contributed by atoms with Gasteiger partial charge in [-0.3, -0.25) is 4.68 Å². The molecule has 1 unspecified atom stereocenters. The fraction of sp³-hybridized carbons (Fsp3) is 0.188. The Labute approximate surface area is 131 Å². The zero-order chi connectivity index (χ0) is 16.6. The number of nitrogens with two attached hydrogens (primary N) is 1. The molecule has 0 amide bonds. The van der Waals surface area contributed by atoms with Crippen LogP contribution in [0.4, 0.5) is 10.2 Å². The number of hydrogen-bond acceptors (Lipinski definition) is 5. The number of phenols is 1. The van der Waals surface area contributed by atoms with Crippen molar-refractivity contribution < 1.29 is 19.7 Å². The first-order chi connectivity index (χ1) is 11.0. The van der Waals surface area contributed by atoms with Gasteiger partial charge in [-0.25, -0.2) is 4.39 Å². The monoisotopic (exact) mass is 317 g/mol. The van der Waals surface area contributed by atoms with E-state index >= 15 is 0 Å². The van der Waals surface area contributed by atoms with Gasteiger partial charge in [-0.05, 0) is 29.8 Å². The molecule has 1 aromatic heterocycles. The van der Waals surface area contributed by atoms with Crippen LogP contribution in [0.2, 0.25) is 0 Å². The summed E-state index contributed by atoms with van der Waals surface area (Å²) in [6, 6.07) is 9.06. The van der Waals surface area contributed by atoms with Gasteiger partial charge in [-0.15, -0.1) is 0 Å². The summed E-state index contributed by atoms with van der Waals surface area (Å²) in [5.41, 5.74) is 6.97. The lowest BCUT2D eigenvalue weighted by Gasteiger charge is -2.10. The van der Waals surface area contributed by atoms with E-state index in [-0.39, 0.29) is 23.7 Å². The van der Waals surface area contributed by atoms with Crippen LogP contribution in [0, 0.1) is 5.82 Å². The largest absolute Gasteiger partial charge is 0.507 e. The van der Waals surface area contributed by atoms with E-state index in [4.69, 9.17) is 10.8 Å². The highest BCUT2D eigenvalue weighted by Crippen LogP contribution is 2.34. The fourth-order valence-corrected chi connectivity index (χ4v) is 2.55. The number of benzene rings is 2. The molecule has 23 heavy (non-hydrogen) atoms. The Kier molecular flexibility index (Phi) is 3.89. The third-order valence-corrected chi connectivity index (χ3v) is 3.65. The number of aliphatic hydroxyl groups excluding tert-OH is 2. The van der Waals surface area contributed by atoms with Crippen molar-refractivity contribution in [1.29, 1.82) is 0 Å². The summed E-state index contributed by atoms with van der Waals surface area (Å²) < 4.78 is 15.5. The Hall–Kier alpha value is -2.64. The zero-order valence-electron chi connectivity index (χ0n) is 12.1. The molecule has 0 saturated carbocycles. The Bertz CT molecular complexity index is 843. The van der Waals surface area contributed by atoms with Crippen molar-refractivity contribution in [3.63, 3.8) is 0 Å². The predicted molar refractivity (Wildman–Crippen MR) is 84.3 cm³/mol. The van der Waals surface area contributed by atoms with Crippen LogP contribution in [0.15, 0.2) is 36.4 Å². The third-order valence-electron chi connectivity index (χ3n) is 3.65. The van der Waals surface area contributed by atoms with Gasteiger partial charge < -0.3 is 21.1 Å². The van der Waals surface area contributed by atoms with Gasteiger partial charge >= 0.3 is 0 Å². The van der Waals surface area contributed by atoms with Gasteiger partial charge in [0.2, 0.25) is 0 Å². The van der Waals surface area contributed by atoms with E-state index in [2.05, 4.69) is 5.10 Å².